The molecule has 1 aromatic heterocycles. The topological polar surface area (TPSA) is 98.2 Å². The summed E-state index contributed by atoms with van der Waals surface area (Å²) < 4.78 is 29.5. The van der Waals surface area contributed by atoms with Crippen LogP contribution < -0.4 is 10.6 Å². The second kappa shape index (κ2) is 10.7. The Hall–Kier alpha value is -3.66. The number of benzene rings is 2. The van der Waals surface area contributed by atoms with Crippen molar-refractivity contribution < 1.29 is 18.4 Å². The molecule has 3 N–H and O–H groups in total. The van der Waals surface area contributed by atoms with E-state index in [2.05, 4.69) is 31.5 Å². The van der Waals surface area contributed by atoms with Crippen molar-refractivity contribution in [1.29, 1.82) is 5.41 Å². The van der Waals surface area contributed by atoms with E-state index < -0.39 is 23.4 Å². The number of amidine groups is 1. The number of halogens is 3. The zero-order valence-corrected chi connectivity index (χ0v) is 20.2. The number of hydrogen-bond donors (Lipinski definition) is 3. The minimum Gasteiger partial charge on any atom is -0.357 e. The number of rotatable bonds is 5. The average molecular weight is 542 g/mol. The van der Waals surface area contributed by atoms with Crippen LogP contribution in [0.1, 0.15) is 45.5 Å². The van der Waals surface area contributed by atoms with Crippen LogP contribution in [0.15, 0.2) is 59.2 Å². The van der Waals surface area contributed by atoms with Crippen LogP contribution in [0, 0.1) is 17.0 Å². The van der Waals surface area contributed by atoms with E-state index in [1.807, 2.05) is 4.90 Å². The van der Waals surface area contributed by atoms with Gasteiger partial charge in [-0.15, -0.1) is 0 Å². The van der Waals surface area contributed by atoms with Gasteiger partial charge in [-0.05, 0) is 77.7 Å². The Bertz CT molecular complexity index is 1280. The Balaban J connectivity index is 1.52. The standard InChI is InChI=1S/C25H22BrF2N5O2/c26-16-5-9-22(30-14-16)32-25(35)19-13-17(27)6-8-21(19)31-24(34)18-7-4-15(12-20(18)28)23(29)33-10-2-1-3-11-33/h4-9,12-14,29H,1-3,10-11H2,(H,31,34)(H,30,32,35). The number of pyridine rings is 1. The fourth-order valence-corrected chi connectivity index (χ4v) is 4.02. The third-order valence-electron chi connectivity index (χ3n) is 5.60. The lowest BCUT2D eigenvalue weighted by Gasteiger charge is -2.29. The summed E-state index contributed by atoms with van der Waals surface area (Å²) in [5.74, 6) is -2.52. The molecule has 0 bridgehead atoms. The van der Waals surface area contributed by atoms with Gasteiger partial charge in [-0.1, -0.05) is 6.07 Å². The number of aromatic nitrogens is 1. The molecule has 0 unspecified atom stereocenters. The average Bonchev–Trinajstić information content (AvgIpc) is 2.86. The molecule has 7 nitrogen and oxygen atoms in total. The SMILES string of the molecule is N=C(c1ccc(C(=O)Nc2ccc(F)cc2C(=O)Nc2ccc(Br)cn2)c(F)c1)N1CCCCC1. The van der Waals surface area contributed by atoms with Crippen molar-refractivity contribution in [2.75, 3.05) is 23.7 Å². The van der Waals surface area contributed by atoms with E-state index in [9.17, 15) is 18.4 Å². The lowest BCUT2D eigenvalue weighted by atomic mass is 10.1. The van der Waals surface area contributed by atoms with Crippen LogP contribution in [0.25, 0.3) is 0 Å². The number of nitrogens with zero attached hydrogens (tertiary/aromatic N) is 2. The molecule has 0 saturated carbocycles. The van der Waals surface area contributed by atoms with Crippen LogP contribution in [0.3, 0.4) is 0 Å². The van der Waals surface area contributed by atoms with Crippen molar-refractivity contribution in [2.45, 2.75) is 19.3 Å². The first-order valence-corrected chi connectivity index (χ1v) is 11.8. The lowest BCUT2D eigenvalue weighted by Crippen LogP contribution is -2.35. The van der Waals surface area contributed by atoms with Crippen molar-refractivity contribution in [3.05, 3.63) is 87.5 Å². The number of anilines is 2. The fourth-order valence-electron chi connectivity index (χ4n) is 3.78. The molecule has 1 saturated heterocycles. The van der Waals surface area contributed by atoms with Crippen LogP contribution in [0.2, 0.25) is 0 Å². The summed E-state index contributed by atoms with van der Waals surface area (Å²) in [4.78, 5) is 31.5. The molecule has 0 aliphatic carbocycles. The molecule has 35 heavy (non-hydrogen) atoms. The lowest BCUT2D eigenvalue weighted by molar-refractivity contribution is 0.102. The van der Waals surface area contributed by atoms with Crippen LogP contribution in [-0.4, -0.2) is 40.6 Å². The molecule has 4 rings (SSSR count). The Morgan fingerprint density at radius 3 is 2.34 bits per heavy atom. The van der Waals surface area contributed by atoms with E-state index in [0.717, 1.165) is 50.6 Å². The van der Waals surface area contributed by atoms with E-state index in [1.165, 1.54) is 24.4 Å². The van der Waals surface area contributed by atoms with Crippen LogP contribution >= 0.6 is 15.9 Å². The first-order chi connectivity index (χ1) is 16.8. The second-order valence-electron chi connectivity index (χ2n) is 8.05. The maximum absolute atomic E-state index is 14.8. The summed E-state index contributed by atoms with van der Waals surface area (Å²) in [6.07, 6.45) is 4.56. The first-order valence-electron chi connectivity index (χ1n) is 11.0. The highest BCUT2D eigenvalue weighted by Gasteiger charge is 2.20. The zero-order chi connectivity index (χ0) is 24.9. The smallest absolute Gasteiger partial charge is 0.259 e. The van der Waals surface area contributed by atoms with Crippen LogP contribution in [0.5, 0.6) is 0 Å². The highest BCUT2D eigenvalue weighted by Crippen LogP contribution is 2.22. The van der Waals surface area contributed by atoms with E-state index in [4.69, 9.17) is 5.41 Å². The molecular formula is C25H22BrF2N5O2. The van der Waals surface area contributed by atoms with Gasteiger partial charge in [-0.25, -0.2) is 13.8 Å². The number of carbonyl (C=O) groups excluding carboxylic acids is 2. The monoisotopic (exact) mass is 541 g/mol. The predicted octanol–water partition coefficient (Wildman–Crippen LogP) is 5.44. The summed E-state index contributed by atoms with van der Waals surface area (Å²) in [7, 11) is 0. The van der Waals surface area contributed by atoms with Gasteiger partial charge in [0.05, 0.1) is 16.8 Å². The Kier molecular flexibility index (Phi) is 7.50. The number of amides is 2. The Morgan fingerprint density at radius 1 is 0.914 bits per heavy atom. The number of piperidine rings is 1. The highest BCUT2D eigenvalue weighted by molar-refractivity contribution is 9.10. The first kappa shape index (κ1) is 24.5. The third-order valence-corrected chi connectivity index (χ3v) is 6.07. The van der Waals surface area contributed by atoms with E-state index in [0.29, 0.717) is 10.0 Å². The number of hydrogen-bond acceptors (Lipinski definition) is 4. The minimum absolute atomic E-state index is 0.00977. The van der Waals surface area contributed by atoms with Crippen molar-refractivity contribution in [3.8, 4) is 0 Å². The van der Waals surface area contributed by atoms with Crippen LogP contribution in [-0.2, 0) is 0 Å². The molecule has 0 spiro atoms. The molecule has 1 aliphatic rings. The van der Waals surface area contributed by atoms with Gasteiger partial charge in [0.2, 0.25) is 0 Å². The molecule has 0 atom stereocenters. The van der Waals surface area contributed by atoms with E-state index >= 15 is 0 Å². The summed E-state index contributed by atoms with van der Waals surface area (Å²) in [5, 5.41) is 13.4. The number of nitrogens with one attached hydrogen (secondary N) is 3. The van der Waals surface area contributed by atoms with Gasteiger partial charge in [0, 0.05) is 29.3 Å². The summed E-state index contributed by atoms with van der Waals surface area (Å²) in [6, 6.07) is 10.5. The van der Waals surface area contributed by atoms with Crippen molar-refractivity contribution >= 4 is 45.1 Å². The highest BCUT2D eigenvalue weighted by atomic mass is 79.9. The maximum Gasteiger partial charge on any atom is 0.259 e. The maximum atomic E-state index is 14.8. The van der Waals surface area contributed by atoms with Crippen LogP contribution in [0.4, 0.5) is 20.3 Å². The van der Waals surface area contributed by atoms with Crippen molar-refractivity contribution in [2.24, 2.45) is 0 Å². The summed E-state index contributed by atoms with van der Waals surface area (Å²) in [5.41, 5.74) is -0.0160. The third kappa shape index (κ3) is 5.89. The van der Waals surface area contributed by atoms with E-state index in [1.54, 1.807) is 12.1 Å². The Morgan fingerprint density at radius 2 is 1.66 bits per heavy atom. The van der Waals surface area contributed by atoms with Gasteiger partial charge >= 0.3 is 0 Å². The van der Waals surface area contributed by atoms with Crippen molar-refractivity contribution in [3.63, 3.8) is 0 Å². The van der Waals surface area contributed by atoms with Gasteiger partial charge in [-0.2, -0.15) is 0 Å². The van der Waals surface area contributed by atoms with Gasteiger partial charge in [0.15, 0.2) is 0 Å². The molecule has 3 aromatic rings. The van der Waals surface area contributed by atoms with Gasteiger partial charge in [0.25, 0.3) is 11.8 Å². The molecular weight excluding hydrogens is 520 g/mol. The second-order valence-corrected chi connectivity index (χ2v) is 8.97. The molecule has 2 amide bonds. The van der Waals surface area contributed by atoms with Crippen molar-refractivity contribution in [1.82, 2.24) is 9.88 Å². The molecule has 2 heterocycles. The number of likely N-dealkylation sites (tertiary alicyclic amines) is 1. The zero-order valence-electron chi connectivity index (χ0n) is 18.6. The van der Waals surface area contributed by atoms with Gasteiger partial charge in [-0.3, -0.25) is 15.0 Å². The fraction of sp³-hybridized carbons (Fsp3) is 0.200. The van der Waals surface area contributed by atoms with E-state index in [-0.39, 0.29) is 28.5 Å². The molecule has 1 aliphatic heterocycles. The molecule has 2 aromatic carbocycles. The normalized spacial score (nSPS) is 13.3. The molecule has 1 fully saturated rings. The quantitative estimate of drug-likeness (QED) is 0.296. The largest absolute Gasteiger partial charge is 0.357 e. The predicted molar refractivity (Wildman–Crippen MR) is 133 cm³/mol. The van der Waals surface area contributed by atoms with Gasteiger partial charge in [0.1, 0.15) is 23.3 Å². The molecule has 0 radical (unpaired) electrons. The molecule has 180 valence electrons. The number of carbonyl (C=O) groups is 2. The Labute approximate surface area is 209 Å². The summed E-state index contributed by atoms with van der Waals surface area (Å²) in [6.45, 7) is 1.49. The minimum atomic E-state index is -0.805. The summed E-state index contributed by atoms with van der Waals surface area (Å²) >= 11 is 3.25. The van der Waals surface area contributed by atoms with Gasteiger partial charge < -0.3 is 15.5 Å². The molecule has 10 heteroatoms.